The molecular formula is C16H16N4. The minimum Gasteiger partial charge on any atom is -0.378 e. The second kappa shape index (κ2) is 4.63. The van der Waals surface area contributed by atoms with Crippen molar-refractivity contribution < 1.29 is 0 Å². The predicted octanol–water partition coefficient (Wildman–Crippen LogP) is 3.38. The lowest BCUT2D eigenvalue weighted by Gasteiger charge is -2.09. The SMILES string of the molecule is c1ccc2ncc(NCc3cncn3C3CC3)cc2c1. The van der Waals surface area contributed by atoms with Gasteiger partial charge in [0.15, 0.2) is 0 Å². The van der Waals surface area contributed by atoms with Crippen molar-refractivity contribution in [1.82, 2.24) is 14.5 Å². The van der Waals surface area contributed by atoms with Gasteiger partial charge in [0.1, 0.15) is 0 Å². The van der Waals surface area contributed by atoms with E-state index in [9.17, 15) is 0 Å². The Morgan fingerprint density at radius 2 is 2.10 bits per heavy atom. The van der Waals surface area contributed by atoms with Crippen molar-refractivity contribution in [3.8, 4) is 0 Å². The molecule has 1 N–H and O–H groups in total. The van der Waals surface area contributed by atoms with Crippen LogP contribution in [0.15, 0.2) is 49.1 Å². The van der Waals surface area contributed by atoms with Crippen molar-refractivity contribution in [2.75, 3.05) is 5.32 Å². The van der Waals surface area contributed by atoms with Crippen LogP contribution in [0.4, 0.5) is 5.69 Å². The monoisotopic (exact) mass is 264 g/mol. The molecule has 1 aromatic carbocycles. The van der Waals surface area contributed by atoms with E-state index in [-0.39, 0.29) is 0 Å². The molecular weight excluding hydrogens is 248 g/mol. The summed E-state index contributed by atoms with van der Waals surface area (Å²) in [5.74, 6) is 0. The van der Waals surface area contributed by atoms with Gasteiger partial charge >= 0.3 is 0 Å². The average molecular weight is 264 g/mol. The number of anilines is 1. The van der Waals surface area contributed by atoms with E-state index in [1.807, 2.05) is 36.9 Å². The number of hydrogen-bond donors (Lipinski definition) is 1. The van der Waals surface area contributed by atoms with Crippen molar-refractivity contribution in [2.45, 2.75) is 25.4 Å². The lowest BCUT2D eigenvalue weighted by atomic mass is 10.2. The zero-order valence-corrected chi connectivity index (χ0v) is 11.2. The summed E-state index contributed by atoms with van der Waals surface area (Å²) in [6.07, 6.45) is 8.33. The molecule has 3 aromatic rings. The average Bonchev–Trinajstić information content (AvgIpc) is 3.23. The summed E-state index contributed by atoms with van der Waals surface area (Å²) >= 11 is 0. The van der Waals surface area contributed by atoms with E-state index in [2.05, 4.69) is 32.0 Å². The zero-order valence-electron chi connectivity index (χ0n) is 11.2. The molecule has 0 unspecified atom stereocenters. The Morgan fingerprint density at radius 1 is 1.20 bits per heavy atom. The highest BCUT2D eigenvalue weighted by atomic mass is 15.1. The number of fused-ring (bicyclic) bond motifs is 1. The van der Waals surface area contributed by atoms with E-state index in [4.69, 9.17) is 0 Å². The first kappa shape index (κ1) is 11.5. The number of hydrogen-bond acceptors (Lipinski definition) is 3. The summed E-state index contributed by atoms with van der Waals surface area (Å²) in [5, 5.41) is 4.60. The lowest BCUT2D eigenvalue weighted by Crippen LogP contribution is -2.06. The highest BCUT2D eigenvalue weighted by Gasteiger charge is 2.24. The van der Waals surface area contributed by atoms with Gasteiger partial charge in [-0.2, -0.15) is 0 Å². The van der Waals surface area contributed by atoms with E-state index >= 15 is 0 Å². The van der Waals surface area contributed by atoms with Gasteiger partial charge in [0.25, 0.3) is 0 Å². The molecule has 0 aliphatic heterocycles. The first-order chi connectivity index (χ1) is 9.90. The first-order valence-corrected chi connectivity index (χ1v) is 6.99. The second-order valence-corrected chi connectivity index (χ2v) is 5.29. The van der Waals surface area contributed by atoms with E-state index in [1.54, 1.807) is 0 Å². The van der Waals surface area contributed by atoms with E-state index in [1.165, 1.54) is 18.5 Å². The van der Waals surface area contributed by atoms with Gasteiger partial charge in [0, 0.05) is 17.6 Å². The molecule has 0 radical (unpaired) electrons. The van der Waals surface area contributed by atoms with E-state index in [0.29, 0.717) is 6.04 Å². The smallest absolute Gasteiger partial charge is 0.0951 e. The molecule has 1 saturated carbocycles. The molecule has 1 aliphatic rings. The Bertz CT molecular complexity index is 743. The van der Waals surface area contributed by atoms with Gasteiger partial charge in [-0.3, -0.25) is 4.98 Å². The largest absolute Gasteiger partial charge is 0.378 e. The number of pyridine rings is 1. The fraction of sp³-hybridized carbons (Fsp3) is 0.250. The number of nitrogens with zero attached hydrogens (tertiary/aromatic N) is 3. The van der Waals surface area contributed by atoms with Crippen LogP contribution >= 0.6 is 0 Å². The van der Waals surface area contributed by atoms with Crippen LogP contribution in [0.1, 0.15) is 24.6 Å². The molecule has 1 aliphatic carbocycles. The Kier molecular flexibility index (Phi) is 2.66. The number of benzene rings is 1. The van der Waals surface area contributed by atoms with Gasteiger partial charge < -0.3 is 9.88 Å². The normalized spacial score (nSPS) is 14.6. The maximum absolute atomic E-state index is 4.47. The summed E-state index contributed by atoms with van der Waals surface area (Å²) in [7, 11) is 0. The number of imidazole rings is 1. The number of nitrogens with one attached hydrogen (secondary N) is 1. The minimum atomic E-state index is 0.670. The van der Waals surface area contributed by atoms with Gasteiger partial charge in [-0.1, -0.05) is 18.2 Å². The molecule has 100 valence electrons. The zero-order chi connectivity index (χ0) is 13.4. The maximum atomic E-state index is 4.47. The van der Waals surface area contributed by atoms with Gasteiger partial charge in [0.05, 0.1) is 36.0 Å². The summed E-state index contributed by atoms with van der Waals surface area (Å²) < 4.78 is 2.28. The van der Waals surface area contributed by atoms with Gasteiger partial charge in [-0.15, -0.1) is 0 Å². The highest BCUT2D eigenvalue weighted by Crippen LogP contribution is 2.35. The van der Waals surface area contributed by atoms with Crippen LogP contribution < -0.4 is 5.32 Å². The van der Waals surface area contributed by atoms with Gasteiger partial charge in [0.2, 0.25) is 0 Å². The topological polar surface area (TPSA) is 42.7 Å². The van der Waals surface area contributed by atoms with E-state index in [0.717, 1.165) is 23.1 Å². The predicted molar refractivity (Wildman–Crippen MR) is 79.6 cm³/mol. The molecule has 0 atom stereocenters. The molecule has 0 spiro atoms. The van der Waals surface area contributed by atoms with Crippen molar-refractivity contribution in [2.24, 2.45) is 0 Å². The molecule has 4 heteroatoms. The van der Waals surface area contributed by atoms with Crippen molar-refractivity contribution in [1.29, 1.82) is 0 Å². The third kappa shape index (κ3) is 2.13. The van der Waals surface area contributed by atoms with Crippen LogP contribution in [0.5, 0.6) is 0 Å². The molecule has 0 saturated heterocycles. The third-order valence-electron chi connectivity index (χ3n) is 3.75. The van der Waals surface area contributed by atoms with Gasteiger partial charge in [-0.05, 0) is 25.0 Å². The molecule has 2 heterocycles. The Morgan fingerprint density at radius 3 is 3.00 bits per heavy atom. The number of aromatic nitrogens is 3. The van der Waals surface area contributed by atoms with Crippen LogP contribution in [-0.4, -0.2) is 14.5 Å². The minimum absolute atomic E-state index is 0.670. The lowest BCUT2D eigenvalue weighted by molar-refractivity contribution is 0.701. The Labute approximate surface area is 117 Å². The molecule has 1 fully saturated rings. The molecule has 4 nitrogen and oxygen atoms in total. The van der Waals surface area contributed by atoms with Crippen LogP contribution in [0, 0.1) is 0 Å². The van der Waals surface area contributed by atoms with Crippen LogP contribution in [0.2, 0.25) is 0 Å². The summed E-state index contributed by atoms with van der Waals surface area (Å²) in [6, 6.07) is 11.0. The van der Waals surface area contributed by atoms with Gasteiger partial charge in [-0.25, -0.2) is 4.98 Å². The fourth-order valence-electron chi connectivity index (χ4n) is 2.51. The summed E-state index contributed by atoms with van der Waals surface area (Å²) in [6.45, 7) is 0.788. The first-order valence-electron chi connectivity index (χ1n) is 6.99. The van der Waals surface area contributed by atoms with Crippen molar-refractivity contribution in [3.63, 3.8) is 0 Å². The molecule has 2 aromatic heterocycles. The highest BCUT2D eigenvalue weighted by molar-refractivity contribution is 5.81. The van der Waals surface area contributed by atoms with Crippen LogP contribution in [0.3, 0.4) is 0 Å². The molecule has 4 rings (SSSR count). The Hall–Kier alpha value is -2.36. The molecule has 20 heavy (non-hydrogen) atoms. The van der Waals surface area contributed by atoms with Crippen LogP contribution in [-0.2, 0) is 6.54 Å². The Balaban J connectivity index is 1.53. The quantitative estimate of drug-likeness (QED) is 0.785. The molecule has 0 bridgehead atoms. The number of rotatable bonds is 4. The van der Waals surface area contributed by atoms with Crippen LogP contribution in [0.25, 0.3) is 10.9 Å². The van der Waals surface area contributed by atoms with Crippen molar-refractivity contribution in [3.05, 3.63) is 54.7 Å². The number of para-hydroxylation sites is 1. The maximum Gasteiger partial charge on any atom is 0.0951 e. The third-order valence-corrected chi connectivity index (χ3v) is 3.75. The summed E-state index contributed by atoms with van der Waals surface area (Å²) in [5.41, 5.74) is 3.31. The fourth-order valence-corrected chi connectivity index (χ4v) is 2.51. The second-order valence-electron chi connectivity index (χ2n) is 5.29. The van der Waals surface area contributed by atoms with E-state index < -0.39 is 0 Å². The molecule has 0 amide bonds. The van der Waals surface area contributed by atoms with Crippen molar-refractivity contribution >= 4 is 16.6 Å². The standard InChI is InChI=1S/C16H16N4/c1-2-4-16-12(3-1)7-13(8-19-16)18-10-15-9-17-11-20(15)14-5-6-14/h1-4,7-9,11,14,18H,5-6,10H2. The summed E-state index contributed by atoms with van der Waals surface area (Å²) in [4.78, 5) is 8.72.